The summed E-state index contributed by atoms with van der Waals surface area (Å²) < 4.78 is 45.0. The van der Waals surface area contributed by atoms with Gasteiger partial charge in [-0.15, -0.1) is 0 Å². The van der Waals surface area contributed by atoms with E-state index in [1.807, 2.05) is 0 Å². The van der Waals surface area contributed by atoms with Gasteiger partial charge >= 0.3 is 0 Å². The first-order valence-electron chi connectivity index (χ1n) is 6.73. The molecule has 2 aromatic rings. The molecule has 0 aliphatic heterocycles. The molecule has 1 aromatic carbocycles. The maximum absolute atomic E-state index is 13.2. The van der Waals surface area contributed by atoms with Crippen LogP contribution in [0.3, 0.4) is 0 Å². The molecule has 0 unspecified atom stereocenters. The summed E-state index contributed by atoms with van der Waals surface area (Å²) in [5, 5.41) is 19.0. The van der Waals surface area contributed by atoms with E-state index in [4.69, 9.17) is 16.7 Å². The summed E-state index contributed by atoms with van der Waals surface area (Å²) in [6, 6.07) is 3.84. The maximum atomic E-state index is 13.2. The number of rotatable bonds is 7. The fraction of sp³-hybridized carbons (Fsp3) is 0.250. The maximum Gasteiger partial charge on any atom is 0.277 e. The second kappa shape index (κ2) is 8.31. The molecule has 0 aliphatic carbocycles. The predicted molar refractivity (Wildman–Crippen MR) is 87.8 cm³/mol. The standard InChI is InChI=1S/C12H14ClFN6O4S/c1-15-25(22,23)17-5-10-11(20-24-19-10)12(16-6-21)18-7-2-3-9(14)8(13)4-7/h2-4,15,17,21H,5-6H2,1H3,(H,16,18). The molecule has 2 rings (SSSR count). The molecule has 1 aromatic heterocycles. The number of amidine groups is 1. The second-order valence-corrected chi connectivity index (χ2v) is 6.60. The molecule has 25 heavy (non-hydrogen) atoms. The van der Waals surface area contributed by atoms with Crippen molar-refractivity contribution in [2.45, 2.75) is 6.54 Å². The van der Waals surface area contributed by atoms with Gasteiger partial charge in [-0.25, -0.2) is 18.7 Å². The number of aliphatic hydroxyl groups is 1. The molecule has 0 radical (unpaired) electrons. The summed E-state index contributed by atoms with van der Waals surface area (Å²) in [6.45, 7) is -0.829. The number of anilines is 1. The molecular formula is C12H14ClFN6O4S. The van der Waals surface area contributed by atoms with E-state index < -0.39 is 22.8 Å². The van der Waals surface area contributed by atoms with Gasteiger partial charge in [0.05, 0.1) is 11.6 Å². The van der Waals surface area contributed by atoms with E-state index in [-0.39, 0.29) is 28.8 Å². The van der Waals surface area contributed by atoms with Crippen LogP contribution in [0.1, 0.15) is 11.4 Å². The third-order valence-electron chi connectivity index (χ3n) is 2.89. The smallest absolute Gasteiger partial charge is 0.277 e. The molecule has 0 saturated heterocycles. The quantitative estimate of drug-likeness (QED) is 0.390. The molecule has 1 heterocycles. The number of benzene rings is 1. The van der Waals surface area contributed by atoms with Gasteiger partial charge in [0.25, 0.3) is 10.2 Å². The van der Waals surface area contributed by atoms with Crippen molar-refractivity contribution in [1.29, 1.82) is 0 Å². The number of hydrogen-bond acceptors (Lipinski definition) is 7. The van der Waals surface area contributed by atoms with E-state index >= 15 is 0 Å². The number of halogens is 2. The van der Waals surface area contributed by atoms with Gasteiger partial charge < -0.3 is 10.4 Å². The van der Waals surface area contributed by atoms with E-state index in [1.165, 1.54) is 19.2 Å². The molecule has 0 spiro atoms. The summed E-state index contributed by atoms with van der Waals surface area (Å²) in [7, 11) is -2.46. The third-order valence-corrected chi connectivity index (χ3v) is 4.24. The van der Waals surface area contributed by atoms with E-state index in [0.717, 1.165) is 6.07 Å². The summed E-state index contributed by atoms with van der Waals surface area (Å²) in [6.07, 6.45) is 0. The molecule has 0 fully saturated rings. The molecule has 0 aliphatic rings. The highest BCUT2D eigenvalue weighted by molar-refractivity contribution is 7.87. The number of aromatic nitrogens is 2. The van der Waals surface area contributed by atoms with Gasteiger partial charge in [0.15, 0.2) is 11.5 Å². The Morgan fingerprint density at radius 3 is 2.84 bits per heavy atom. The van der Waals surface area contributed by atoms with E-state index in [2.05, 4.69) is 34.7 Å². The minimum absolute atomic E-state index is 0.0325. The number of aliphatic hydroxyl groups excluding tert-OH is 1. The van der Waals surface area contributed by atoms with Gasteiger partial charge in [-0.2, -0.15) is 13.1 Å². The van der Waals surface area contributed by atoms with Crippen LogP contribution < -0.4 is 14.8 Å². The first kappa shape index (κ1) is 19.2. The van der Waals surface area contributed by atoms with Crippen molar-refractivity contribution < 1.29 is 22.5 Å². The summed E-state index contributed by atoms with van der Waals surface area (Å²) >= 11 is 5.71. The van der Waals surface area contributed by atoms with Gasteiger partial charge in [0.2, 0.25) is 0 Å². The van der Waals surface area contributed by atoms with Crippen molar-refractivity contribution in [1.82, 2.24) is 19.8 Å². The van der Waals surface area contributed by atoms with Crippen molar-refractivity contribution >= 4 is 33.3 Å². The van der Waals surface area contributed by atoms with Crippen LogP contribution >= 0.6 is 11.6 Å². The van der Waals surface area contributed by atoms with Crippen molar-refractivity contribution in [3.8, 4) is 0 Å². The molecule has 0 amide bonds. The summed E-state index contributed by atoms with van der Waals surface area (Å²) in [5.74, 6) is -0.566. The fourth-order valence-corrected chi connectivity index (χ4v) is 2.34. The molecule has 0 saturated carbocycles. The summed E-state index contributed by atoms with van der Waals surface area (Å²) in [5.41, 5.74) is 0.545. The van der Waals surface area contributed by atoms with E-state index in [9.17, 15) is 12.8 Å². The Morgan fingerprint density at radius 1 is 1.44 bits per heavy atom. The monoisotopic (exact) mass is 392 g/mol. The molecule has 10 nitrogen and oxygen atoms in total. The normalized spacial score (nSPS) is 12.4. The lowest BCUT2D eigenvalue weighted by atomic mass is 10.2. The highest BCUT2D eigenvalue weighted by Crippen LogP contribution is 2.20. The topological polar surface area (TPSA) is 142 Å². The van der Waals surface area contributed by atoms with Crippen LogP contribution in [0.15, 0.2) is 27.8 Å². The molecule has 13 heteroatoms. The second-order valence-electron chi connectivity index (χ2n) is 4.49. The fourth-order valence-electron chi connectivity index (χ4n) is 1.69. The lowest BCUT2D eigenvalue weighted by Crippen LogP contribution is -2.34. The highest BCUT2D eigenvalue weighted by atomic mass is 35.5. The zero-order valence-corrected chi connectivity index (χ0v) is 14.4. The summed E-state index contributed by atoms with van der Waals surface area (Å²) in [4.78, 5) is 3.81. The van der Waals surface area contributed by atoms with Crippen molar-refractivity contribution in [3.63, 3.8) is 0 Å². The average Bonchev–Trinajstić information content (AvgIpc) is 3.04. The van der Waals surface area contributed by atoms with Gasteiger partial charge in [-0.3, -0.25) is 0 Å². The first-order valence-corrected chi connectivity index (χ1v) is 8.59. The van der Waals surface area contributed by atoms with Crippen LogP contribution in [0.25, 0.3) is 0 Å². The zero-order valence-electron chi connectivity index (χ0n) is 12.8. The minimum Gasteiger partial charge on any atom is -0.374 e. The SMILES string of the molecule is CNS(=O)(=O)NCc1nonc1C(=NCO)Nc1ccc(F)c(Cl)c1. The number of hydrogen-bond donors (Lipinski definition) is 4. The molecule has 4 N–H and O–H groups in total. The van der Waals surface area contributed by atoms with Crippen molar-refractivity contribution in [2.75, 3.05) is 19.1 Å². The van der Waals surface area contributed by atoms with Crippen LogP contribution in [0.5, 0.6) is 0 Å². The van der Waals surface area contributed by atoms with Crippen molar-refractivity contribution in [2.24, 2.45) is 4.99 Å². The van der Waals surface area contributed by atoms with Gasteiger partial charge in [-0.05, 0) is 23.4 Å². The van der Waals surface area contributed by atoms with Crippen LogP contribution in [0, 0.1) is 5.82 Å². The molecular weight excluding hydrogens is 379 g/mol. The Kier molecular flexibility index (Phi) is 6.39. The van der Waals surface area contributed by atoms with E-state index in [0.29, 0.717) is 5.69 Å². The van der Waals surface area contributed by atoms with Gasteiger partial charge in [0, 0.05) is 12.7 Å². The predicted octanol–water partition coefficient (Wildman–Crippen LogP) is 0.224. The zero-order chi connectivity index (χ0) is 18.4. The van der Waals surface area contributed by atoms with E-state index in [1.54, 1.807) is 0 Å². The number of nitrogens with zero attached hydrogens (tertiary/aromatic N) is 3. The Balaban J connectivity index is 2.25. The largest absolute Gasteiger partial charge is 0.374 e. The van der Waals surface area contributed by atoms with Gasteiger partial charge in [0.1, 0.15) is 18.2 Å². The molecule has 136 valence electrons. The third kappa shape index (κ3) is 5.17. The first-order chi connectivity index (χ1) is 11.9. The Hall–Kier alpha value is -2.12. The number of nitrogens with one attached hydrogen (secondary N) is 3. The Bertz CT molecular complexity index is 872. The lowest BCUT2D eigenvalue weighted by molar-refractivity contribution is 0.301. The average molecular weight is 393 g/mol. The minimum atomic E-state index is -3.70. The lowest BCUT2D eigenvalue weighted by Gasteiger charge is -2.09. The van der Waals surface area contributed by atoms with Crippen molar-refractivity contribution in [3.05, 3.63) is 40.4 Å². The van der Waals surface area contributed by atoms with Gasteiger partial charge in [-0.1, -0.05) is 16.8 Å². The Morgan fingerprint density at radius 2 is 2.20 bits per heavy atom. The Labute approximate surface area is 147 Å². The van der Waals surface area contributed by atoms with Crippen LogP contribution in [-0.2, 0) is 16.8 Å². The highest BCUT2D eigenvalue weighted by Gasteiger charge is 2.19. The molecule has 0 atom stereocenters. The van der Waals surface area contributed by atoms with Crippen LogP contribution in [0.4, 0.5) is 10.1 Å². The molecule has 0 bridgehead atoms. The van der Waals surface area contributed by atoms with Crippen LogP contribution in [-0.4, -0.2) is 43.5 Å². The number of aliphatic imine (C=N–C) groups is 1. The van der Waals surface area contributed by atoms with Crippen LogP contribution in [0.2, 0.25) is 5.02 Å².